The molecular formula is C17H29BrN4O2. The second kappa shape index (κ2) is 13.0. The maximum Gasteiger partial charge on any atom is 0.191 e. The number of nitrogens with one attached hydrogen (secondary N) is 2. The summed E-state index contributed by atoms with van der Waals surface area (Å²) in [4.78, 5) is 6.49. The Kier molecular flexibility index (Phi) is 11.3. The van der Waals surface area contributed by atoms with E-state index in [4.69, 9.17) is 9.47 Å². The van der Waals surface area contributed by atoms with Crippen LogP contribution in [0, 0.1) is 0 Å². The van der Waals surface area contributed by atoms with Gasteiger partial charge in [0.05, 0.1) is 6.54 Å². The predicted octanol–water partition coefficient (Wildman–Crippen LogP) is 1.96. The molecule has 24 heavy (non-hydrogen) atoms. The standard InChI is InChI=1S/C17H29BrN4O2/c1-19-17(20-8-11-22(2)10-5-12-23-3)21-9-13-24-16-7-4-6-15(18)14-16/h4,6-7,14H,5,8-13H2,1-3H3,(H2,19,20,21). The van der Waals surface area contributed by atoms with E-state index in [9.17, 15) is 0 Å². The van der Waals surface area contributed by atoms with Crippen molar-refractivity contribution in [1.29, 1.82) is 0 Å². The first-order valence-electron chi connectivity index (χ1n) is 8.16. The van der Waals surface area contributed by atoms with Crippen molar-refractivity contribution >= 4 is 21.9 Å². The van der Waals surface area contributed by atoms with Gasteiger partial charge in [0.15, 0.2) is 5.96 Å². The van der Waals surface area contributed by atoms with Crippen molar-refractivity contribution in [3.8, 4) is 5.75 Å². The van der Waals surface area contributed by atoms with E-state index in [2.05, 4.69) is 43.5 Å². The lowest BCUT2D eigenvalue weighted by Gasteiger charge is -2.18. The minimum atomic E-state index is 0.577. The molecule has 6 nitrogen and oxygen atoms in total. The van der Waals surface area contributed by atoms with Crippen LogP contribution in [0.15, 0.2) is 33.7 Å². The van der Waals surface area contributed by atoms with Gasteiger partial charge in [-0.15, -0.1) is 0 Å². The van der Waals surface area contributed by atoms with Gasteiger partial charge in [0.1, 0.15) is 12.4 Å². The third-order valence-corrected chi connectivity index (χ3v) is 3.85. The van der Waals surface area contributed by atoms with Crippen LogP contribution < -0.4 is 15.4 Å². The zero-order valence-electron chi connectivity index (χ0n) is 14.8. The first kappa shape index (κ1) is 20.7. The minimum absolute atomic E-state index is 0.577. The lowest BCUT2D eigenvalue weighted by Crippen LogP contribution is -2.42. The molecule has 0 amide bonds. The summed E-state index contributed by atoms with van der Waals surface area (Å²) < 4.78 is 11.8. The lowest BCUT2D eigenvalue weighted by molar-refractivity contribution is 0.180. The Morgan fingerprint density at radius 2 is 2.00 bits per heavy atom. The molecule has 0 spiro atoms. The molecule has 0 radical (unpaired) electrons. The number of nitrogens with zero attached hydrogens (tertiary/aromatic N) is 2. The highest BCUT2D eigenvalue weighted by Gasteiger charge is 2.01. The Bertz CT molecular complexity index is 485. The fourth-order valence-corrected chi connectivity index (χ4v) is 2.45. The van der Waals surface area contributed by atoms with E-state index >= 15 is 0 Å². The van der Waals surface area contributed by atoms with E-state index in [1.54, 1.807) is 14.2 Å². The summed E-state index contributed by atoms with van der Waals surface area (Å²) in [6.07, 6.45) is 1.05. The molecule has 0 aliphatic rings. The molecule has 0 aromatic heterocycles. The molecule has 1 aromatic carbocycles. The van der Waals surface area contributed by atoms with Gasteiger partial charge in [0.25, 0.3) is 0 Å². The minimum Gasteiger partial charge on any atom is -0.492 e. The van der Waals surface area contributed by atoms with E-state index in [-0.39, 0.29) is 0 Å². The number of benzene rings is 1. The van der Waals surface area contributed by atoms with Crippen LogP contribution in [-0.4, -0.2) is 71.5 Å². The second-order valence-electron chi connectivity index (χ2n) is 5.38. The van der Waals surface area contributed by atoms with Crippen LogP contribution in [0.5, 0.6) is 5.75 Å². The number of ether oxygens (including phenoxy) is 2. The van der Waals surface area contributed by atoms with Crippen molar-refractivity contribution in [3.05, 3.63) is 28.7 Å². The van der Waals surface area contributed by atoms with Gasteiger partial charge < -0.3 is 25.0 Å². The average Bonchev–Trinajstić information content (AvgIpc) is 2.57. The van der Waals surface area contributed by atoms with E-state index < -0.39 is 0 Å². The summed E-state index contributed by atoms with van der Waals surface area (Å²) in [6.45, 7) is 4.90. The van der Waals surface area contributed by atoms with Crippen LogP contribution in [0.2, 0.25) is 0 Å². The molecule has 0 fully saturated rings. The van der Waals surface area contributed by atoms with Gasteiger partial charge in [-0.2, -0.15) is 0 Å². The van der Waals surface area contributed by atoms with Gasteiger partial charge in [0.2, 0.25) is 0 Å². The smallest absolute Gasteiger partial charge is 0.191 e. The van der Waals surface area contributed by atoms with Crippen LogP contribution in [0.1, 0.15) is 6.42 Å². The number of guanidine groups is 1. The first-order valence-corrected chi connectivity index (χ1v) is 8.95. The van der Waals surface area contributed by atoms with Crippen LogP contribution in [-0.2, 0) is 4.74 Å². The number of aliphatic imine (C=N–C) groups is 1. The van der Waals surface area contributed by atoms with Gasteiger partial charge in [0, 0.05) is 44.9 Å². The van der Waals surface area contributed by atoms with Crippen LogP contribution in [0.3, 0.4) is 0 Å². The van der Waals surface area contributed by atoms with E-state index in [1.165, 1.54) is 0 Å². The monoisotopic (exact) mass is 400 g/mol. The Labute approximate surface area is 153 Å². The van der Waals surface area contributed by atoms with Crippen molar-refractivity contribution in [2.75, 3.05) is 60.6 Å². The third kappa shape index (κ3) is 9.75. The summed E-state index contributed by atoms with van der Waals surface area (Å²) in [6, 6.07) is 7.82. The van der Waals surface area contributed by atoms with Crippen molar-refractivity contribution < 1.29 is 9.47 Å². The molecule has 0 aliphatic carbocycles. The molecule has 0 atom stereocenters. The highest BCUT2D eigenvalue weighted by Crippen LogP contribution is 2.17. The summed E-state index contributed by atoms with van der Waals surface area (Å²) in [5.41, 5.74) is 0. The quantitative estimate of drug-likeness (QED) is 0.337. The summed E-state index contributed by atoms with van der Waals surface area (Å²) in [5.74, 6) is 1.64. The normalized spacial score (nSPS) is 11.6. The average molecular weight is 401 g/mol. The number of hydrogen-bond acceptors (Lipinski definition) is 4. The molecule has 0 saturated carbocycles. The Morgan fingerprint density at radius 1 is 1.21 bits per heavy atom. The zero-order valence-corrected chi connectivity index (χ0v) is 16.4. The topological polar surface area (TPSA) is 58.1 Å². The maximum absolute atomic E-state index is 5.68. The molecular weight excluding hydrogens is 372 g/mol. The molecule has 0 aliphatic heterocycles. The molecule has 2 N–H and O–H groups in total. The number of halogens is 1. The fraction of sp³-hybridized carbons (Fsp3) is 0.588. The molecule has 136 valence electrons. The highest BCUT2D eigenvalue weighted by molar-refractivity contribution is 9.10. The zero-order chi connectivity index (χ0) is 17.6. The first-order chi connectivity index (χ1) is 11.7. The maximum atomic E-state index is 5.68. The van der Waals surface area contributed by atoms with Crippen molar-refractivity contribution in [3.63, 3.8) is 0 Å². The summed E-state index contributed by atoms with van der Waals surface area (Å²) in [7, 11) is 5.61. The van der Waals surface area contributed by atoms with Gasteiger partial charge in [-0.25, -0.2) is 0 Å². The molecule has 1 aromatic rings. The van der Waals surface area contributed by atoms with Crippen molar-refractivity contribution in [2.45, 2.75) is 6.42 Å². The van der Waals surface area contributed by atoms with Crippen LogP contribution >= 0.6 is 15.9 Å². The number of hydrogen-bond donors (Lipinski definition) is 2. The molecule has 7 heteroatoms. The van der Waals surface area contributed by atoms with Crippen LogP contribution in [0.25, 0.3) is 0 Å². The van der Waals surface area contributed by atoms with E-state index in [1.807, 2.05) is 24.3 Å². The Morgan fingerprint density at radius 3 is 2.71 bits per heavy atom. The van der Waals surface area contributed by atoms with Gasteiger partial charge >= 0.3 is 0 Å². The fourth-order valence-electron chi connectivity index (χ4n) is 2.07. The van der Waals surface area contributed by atoms with Gasteiger partial charge in [-0.05, 0) is 31.7 Å². The van der Waals surface area contributed by atoms with Crippen molar-refractivity contribution in [2.24, 2.45) is 4.99 Å². The molecule has 1 rings (SSSR count). The summed E-state index contributed by atoms with van der Waals surface area (Å²) >= 11 is 3.43. The van der Waals surface area contributed by atoms with Gasteiger partial charge in [-0.3, -0.25) is 4.99 Å². The molecule has 0 saturated heterocycles. The number of likely N-dealkylation sites (N-methyl/N-ethyl adjacent to an activating group) is 1. The second-order valence-corrected chi connectivity index (χ2v) is 6.30. The largest absolute Gasteiger partial charge is 0.492 e. The predicted molar refractivity (Wildman–Crippen MR) is 103 cm³/mol. The summed E-state index contributed by atoms with van der Waals surface area (Å²) in [5, 5.41) is 6.55. The Hall–Kier alpha value is -1.31. The molecule has 0 unspecified atom stereocenters. The molecule has 0 bridgehead atoms. The molecule has 0 heterocycles. The Balaban J connectivity index is 2.12. The van der Waals surface area contributed by atoms with Crippen molar-refractivity contribution in [1.82, 2.24) is 15.5 Å². The highest BCUT2D eigenvalue weighted by atomic mass is 79.9. The SMILES string of the molecule is CN=C(NCCOc1cccc(Br)c1)NCCN(C)CCCOC. The number of rotatable bonds is 11. The third-order valence-electron chi connectivity index (χ3n) is 3.36. The van der Waals surface area contributed by atoms with Gasteiger partial charge in [-0.1, -0.05) is 22.0 Å². The lowest BCUT2D eigenvalue weighted by atomic mass is 10.3. The van der Waals surface area contributed by atoms with E-state index in [0.29, 0.717) is 13.2 Å². The number of methoxy groups -OCH3 is 1. The van der Waals surface area contributed by atoms with Crippen LogP contribution in [0.4, 0.5) is 0 Å². The van der Waals surface area contributed by atoms with E-state index in [0.717, 1.165) is 48.8 Å².